The monoisotopic (exact) mass is 968 g/mol. The zero-order chi connectivity index (χ0) is 45.2. The van der Waals surface area contributed by atoms with Gasteiger partial charge in [0.15, 0.2) is 0 Å². The van der Waals surface area contributed by atoms with Gasteiger partial charge >= 0.3 is 0 Å². The molecule has 0 saturated heterocycles. The molecule has 0 atom stereocenters. The van der Waals surface area contributed by atoms with Gasteiger partial charge in [-0.05, 0) is 87.3 Å². The molecule has 7 aromatic rings. The second-order valence-corrected chi connectivity index (χ2v) is 23.2. The van der Waals surface area contributed by atoms with Crippen molar-refractivity contribution in [2.24, 2.45) is 5.41 Å². The number of benzene rings is 4. The predicted molar refractivity (Wildman–Crippen MR) is 244 cm³/mol. The average Bonchev–Trinajstić information content (AvgIpc) is 3.63. The first kappa shape index (κ1) is 33.1. The molecule has 5 heteroatoms. The number of nitrogens with zero attached hydrogens (tertiary/aromatic N) is 2. The molecule has 3 aromatic heterocycles. The predicted octanol–water partition coefficient (Wildman–Crippen LogP) is 14.2. The van der Waals surface area contributed by atoms with Crippen molar-refractivity contribution in [3.63, 3.8) is 0 Å². The fourth-order valence-corrected chi connectivity index (χ4v) is 10.5. The zero-order valence-corrected chi connectivity index (χ0v) is 38.1. The molecule has 295 valence electrons. The van der Waals surface area contributed by atoms with Crippen molar-refractivity contribution in [2.45, 2.75) is 110 Å². The summed E-state index contributed by atoms with van der Waals surface area (Å²) in [5.41, 5.74) is 7.24. The van der Waals surface area contributed by atoms with Gasteiger partial charge in [0.2, 0.25) is 0 Å². The Morgan fingerprint density at radius 1 is 0.842 bits per heavy atom. The summed E-state index contributed by atoms with van der Waals surface area (Å²) < 4.78 is 63.1. The number of hydrogen-bond donors (Lipinski definition) is 0. The molecule has 2 nitrogen and oxygen atoms in total. The minimum atomic E-state index is -1.77. The van der Waals surface area contributed by atoms with Crippen LogP contribution >= 0.6 is 11.3 Å². The smallest absolute Gasteiger partial charge is 0.0798 e. The molecule has 1 fully saturated rings. The number of hydrogen-bond acceptors (Lipinski definition) is 3. The zero-order valence-electron chi connectivity index (χ0n) is 40.9. The fraction of sp³-hybridized carbons (Fsp3) is 0.346. The SMILES string of the molecule is [2H]C1([2H])CCC([2H])([2H])c2c1ccnc2-c1[c-]ccc2c1sc1cc(-c3ccccc3)ccc12.[2H]C1(c2c[c-]c(-c3cc(C([2H])([2H])C(C)(C)C)c([Si](C)(C)C)cn3)cc2)CCCCC1.[Ir]. The van der Waals surface area contributed by atoms with Crippen LogP contribution in [0.25, 0.3) is 53.8 Å². The first-order valence-electron chi connectivity index (χ1n) is 23.6. The Morgan fingerprint density at radius 3 is 2.37 bits per heavy atom. The van der Waals surface area contributed by atoms with Crippen LogP contribution < -0.4 is 5.19 Å². The van der Waals surface area contributed by atoms with Gasteiger partial charge in [-0.2, -0.15) is 11.3 Å². The maximum atomic E-state index is 8.92. The molecule has 3 heterocycles. The van der Waals surface area contributed by atoms with Gasteiger partial charge in [-0.1, -0.05) is 149 Å². The molecule has 0 spiro atoms. The van der Waals surface area contributed by atoms with Crippen LogP contribution in [0.2, 0.25) is 19.6 Å². The van der Waals surface area contributed by atoms with Crippen LogP contribution in [-0.4, -0.2) is 18.0 Å². The summed E-state index contributed by atoms with van der Waals surface area (Å²) in [4.78, 5) is 9.30. The van der Waals surface area contributed by atoms with Gasteiger partial charge in [-0.25, -0.2) is 0 Å². The van der Waals surface area contributed by atoms with E-state index in [-0.39, 0.29) is 32.9 Å². The van der Waals surface area contributed by atoms with Crippen LogP contribution in [0.5, 0.6) is 0 Å². The summed E-state index contributed by atoms with van der Waals surface area (Å²) in [5.74, 6) is -0.489. The molecule has 9 rings (SSSR count). The number of aromatic nitrogens is 2. The maximum absolute atomic E-state index is 8.92. The van der Waals surface area contributed by atoms with E-state index in [9.17, 15) is 0 Å². The molecule has 2 aliphatic rings. The third-order valence-electron chi connectivity index (χ3n) is 10.6. The second kappa shape index (κ2) is 17.6. The van der Waals surface area contributed by atoms with Crippen LogP contribution in [0.1, 0.15) is 103 Å². The number of thiophene rings is 1. The standard InChI is InChI=1S/C27H20NS.C25H36NSi.Ir/c1-2-7-18(8-3-1)20-13-14-22-23-11-6-12-24(27(23)29-25(22)17-20)26-21-10-5-4-9-19(21)15-16-28-26;1-25(2,3)17-22-16-23(26-18-24(22)27(4,5)6)21-14-12-20(13-15-21)19-10-8-7-9-11-19;/h1-3,6-8,11,13-17H,4-5,9-10H2;12-14,16,18-19H,7-11,17H2,1-6H3;/q2*-1;/i9D2,10D2;17D2,19D;. The minimum absolute atomic E-state index is 0. The number of pyridine rings is 2. The molecular formula is C52H56IrN2SSi-2. The second-order valence-electron chi connectivity index (χ2n) is 17.1. The molecule has 57 heavy (non-hydrogen) atoms. The van der Waals surface area contributed by atoms with Gasteiger partial charge in [0.25, 0.3) is 0 Å². The molecule has 0 unspecified atom stereocenters. The van der Waals surface area contributed by atoms with E-state index >= 15 is 0 Å². The number of aryl methyl sites for hydroxylation is 1. The van der Waals surface area contributed by atoms with Crippen molar-refractivity contribution in [2.75, 3.05) is 0 Å². The molecule has 0 amide bonds. The average molecular weight is 968 g/mol. The van der Waals surface area contributed by atoms with Crippen LogP contribution in [0.4, 0.5) is 0 Å². The Labute approximate surface area is 369 Å². The summed E-state index contributed by atoms with van der Waals surface area (Å²) in [6, 6.07) is 36.9. The summed E-state index contributed by atoms with van der Waals surface area (Å²) in [6.45, 7) is 12.6. The van der Waals surface area contributed by atoms with Crippen molar-refractivity contribution in [1.29, 1.82) is 0 Å². The van der Waals surface area contributed by atoms with Crippen molar-refractivity contribution in [3.05, 3.63) is 138 Å². The van der Waals surface area contributed by atoms with E-state index in [2.05, 4.69) is 73.2 Å². The molecule has 0 N–H and O–H groups in total. The van der Waals surface area contributed by atoms with E-state index < -0.39 is 38.5 Å². The molecule has 0 aliphatic heterocycles. The van der Waals surface area contributed by atoms with E-state index in [1.165, 1.54) is 6.42 Å². The summed E-state index contributed by atoms with van der Waals surface area (Å²) in [5, 5.41) is 3.31. The Hall–Kier alpha value is -3.73. The van der Waals surface area contributed by atoms with Gasteiger partial charge in [0.05, 0.1) is 8.07 Å². The topological polar surface area (TPSA) is 25.8 Å². The van der Waals surface area contributed by atoms with Crippen molar-refractivity contribution in [3.8, 4) is 33.6 Å². The van der Waals surface area contributed by atoms with Gasteiger partial charge in [-0.3, -0.25) is 0 Å². The quantitative estimate of drug-likeness (QED) is 0.123. The van der Waals surface area contributed by atoms with E-state index in [0.29, 0.717) is 16.8 Å². The van der Waals surface area contributed by atoms with Crippen LogP contribution in [0.3, 0.4) is 0 Å². The summed E-state index contributed by atoms with van der Waals surface area (Å²) in [6.07, 6.45) is 4.42. The van der Waals surface area contributed by atoms with Gasteiger partial charge in [0, 0.05) is 46.8 Å². The van der Waals surface area contributed by atoms with E-state index in [1.54, 1.807) is 23.6 Å². The Morgan fingerprint density at radius 2 is 1.63 bits per heavy atom. The van der Waals surface area contributed by atoms with E-state index in [4.69, 9.17) is 14.6 Å². The number of fused-ring (bicyclic) bond motifs is 4. The maximum Gasteiger partial charge on any atom is 0.0798 e. The van der Waals surface area contributed by atoms with Crippen molar-refractivity contribution >= 4 is 44.8 Å². The summed E-state index contributed by atoms with van der Waals surface area (Å²) >= 11 is 1.66. The third-order valence-corrected chi connectivity index (χ3v) is 13.8. The first-order chi connectivity index (χ1) is 29.6. The normalized spacial score (nSPS) is 19.2. The third kappa shape index (κ3) is 9.44. The molecule has 1 saturated carbocycles. The van der Waals surface area contributed by atoms with Gasteiger partial charge in [0.1, 0.15) is 0 Å². The molecular weight excluding hydrogens is 905 g/mol. The molecule has 2 aliphatic carbocycles. The minimum Gasteiger partial charge on any atom is -0.305 e. The van der Waals surface area contributed by atoms with Crippen LogP contribution in [0, 0.1) is 17.5 Å². The Kier molecular flexibility index (Phi) is 10.3. The van der Waals surface area contributed by atoms with Crippen LogP contribution in [0.15, 0.2) is 103 Å². The van der Waals surface area contributed by atoms with Crippen molar-refractivity contribution in [1.82, 2.24) is 9.97 Å². The fourth-order valence-electron chi connectivity index (χ4n) is 7.87. The Balaban J connectivity index is 0.000000190. The number of rotatable bonds is 6. The molecule has 0 bridgehead atoms. The van der Waals surface area contributed by atoms with Crippen LogP contribution in [-0.2, 0) is 39.2 Å². The first-order valence-corrected chi connectivity index (χ1v) is 24.4. The van der Waals surface area contributed by atoms with Crippen molar-refractivity contribution < 1.29 is 29.7 Å². The van der Waals surface area contributed by atoms with E-state index in [1.807, 2.05) is 75.5 Å². The Bertz CT molecular complexity index is 2790. The van der Waals surface area contributed by atoms with Gasteiger partial charge < -0.3 is 9.97 Å². The summed E-state index contributed by atoms with van der Waals surface area (Å²) in [7, 11) is -1.77. The molecule has 4 aromatic carbocycles. The largest absolute Gasteiger partial charge is 0.305 e. The van der Waals surface area contributed by atoms with E-state index in [0.717, 1.165) is 90.1 Å². The molecule has 1 radical (unpaired) electrons. The van der Waals surface area contributed by atoms with Gasteiger partial charge in [-0.15, -0.1) is 59.2 Å².